The highest BCUT2D eigenvalue weighted by molar-refractivity contribution is 5.93. The van der Waals surface area contributed by atoms with Gasteiger partial charge in [-0.2, -0.15) is 4.98 Å². The van der Waals surface area contributed by atoms with Gasteiger partial charge < -0.3 is 14.6 Å². The summed E-state index contributed by atoms with van der Waals surface area (Å²) in [6.45, 7) is 5.63. The molecular formula is C21H23N3O2. The third-order valence-corrected chi connectivity index (χ3v) is 5.06. The zero-order chi connectivity index (χ0) is 18.1. The van der Waals surface area contributed by atoms with Gasteiger partial charge in [0.2, 0.25) is 5.91 Å². The average Bonchev–Trinajstić information content (AvgIpc) is 3.08. The zero-order valence-electron chi connectivity index (χ0n) is 15.2. The maximum Gasteiger partial charge on any atom is 0.298 e. The van der Waals surface area contributed by atoms with Crippen LogP contribution in [0.2, 0.25) is 0 Å². The van der Waals surface area contributed by atoms with Gasteiger partial charge in [0, 0.05) is 24.7 Å². The molecule has 2 heterocycles. The molecule has 0 spiro atoms. The van der Waals surface area contributed by atoms with Crippen LogP contribution in [0.15, 0.2) is 46.9 Å². The number of oxazole rings is 1. The third-order valence-electron chi connectivity index (χ3n) is 5.06. The smallest absolute Gasteiger partial charge is 0.298 e. The van der Waals surface area contributed by atoms with Crippen molar-refractivity contribution in [2.45, 2.75) is 26.7 Å². The lowest BCUT2D eigenvalue weighted by atomic mass is 9.96. The van der Waals surface area contributed by atoms with Crippen LogP contribution in [0, 0.1) is 19.8 Å². The van der Waals surface area contributed by atoms with Crippen molar-refractivity contribution in [2.24, 2.45) is 5.92 Å². The molecule has 1 N–H and O–H groups in total. The molecule has 0 atom stereocenters. The first-order valence-corrected chi connectivity index (χ1v) is 9.09. The minimum absolute atomic E-state index is 0.0244. The lowest BCUT2D eigenvalue weighted by Gasteiger charge is -2.30. The Morgan fingerprint density at radius 2 is 1.92 bits per heavy atom. The van der Waals surface area contributed by atoms with Crippen molar-refractivity contribution in [1.29, 1.82) is 0 Å². The van der Waals surface area contributed by atoms with Gasteiger partial charge in [0.25, 0.3) is 6.01 Å². The van der Waals surface area contributed by atoms with Gasteiger partial charge in [-0.15, -0.1) is 0 Å². The normalized spacial score (nSPS) is 15.4. The van der Waals surface area contributed by atoms with Gasteiger partial charge in [-0.1, -0.05) is 29.8 Å². The number of piperidine rings is 1. The van der Waals surface area contributed by atoms with Crippen LogP contribution >= 0.6 is 0 Å². The number of fused-ring (bicyclic) bond motifs is 1. The number of nitrogens with one attached hydrogen (secondary N) is 1. The summed E-state index contributed by atoms with van der Waals surface area (Å²) in [6, 6.07) is 14.5. The fourth-order valence-electron chi connectivity index (χ4n) is 3.52. The van der Waals surface area contributed by atoms with Crippen LogP contribution in [0.25, 0.3) is 11.1 Å². The number of carbonyl (C=O) groups excluding carboxylic acids is 1. The molecule has 5 heteroatoms. The Hall–Kier alpha value is -2.82. The fraction of sp³-hybridized carbons (Fsp3) is 0.333. The van der Waals surface area contributed by atoms with Gasteiger partial charge in [-0.05, 0) is 50.5 Å². The number of benzene rings is 2. The van der Waals surface area contributed by atoms with Gasteiger partial charge in [0.05, 0.1) is 0 Å². The summed E-state index contributed by atoms with van der Waals surface area (Å²) in [5.74, 6) is 0.130. The molecule has 1 aromatic heterocycles. The molecule has 0 aliphatic carbocycles. The first-order chi connectivity index (χ1) is 12.6. The Morgan fingerprint density at radius 3 is 2.65 bits per heavy atom. The number of nitrogens with zero attached hydrogens (tertiary/aromatic N) is 2. The van der Waals surface area contributed by atoms with Crippen molar-refractivity contribution in [3.8, 4) is 0 Å². The quantitative estimate of drug-likeness (QED) is 0.766. The number of rotatable bonds is 3. The van der Waals surface area contributed by atoms with Gasteiger partial charge in [-0.3, -0.25) is 4.79 Å². The number of aromatic nitrogens is 1. The van der Waals surface area contributed by atoms with Crippen molar-refractivity contribution in [3.05, 3.63) is 53.6 Å². The van der Waals surface area contributed by atoms with E-state index >= 15 is 0 Å². The van der Waals surface area contributed by atoms with Crippen LogP contribution in [0.3, 0.4) is 0 Å². The van der Waals surface area contributed by atoms with Crippen molar-refractivity contribution in [3.63, 3.8) is 0 Å². The molecular weight excluding hydrogens is 326 g/mol. The Labute approximate surface area is 153 Å². The van der Waals surface area contributed by atoms with Gasteiger partial charge in [0.1, 0.15) is 5.52 Å². The number of para-hydroxylation sites is 2. The van der Waals surface area contributed by atoms with Gasteiger partial charge in [0.15, 0.2) is 5.58 Å². The second-order valence-corrected chi connectivity index (χ2v) is 7.03. The first-order valence-electron chi connectivity index (χ1n) is 9.09. The second kappa shape index (κ2) is 6.83. The van der Waals surface area contributed by atoms with E-state index in [1.54, 1.807) is 0 Å². The summed E-state index contributed by atoms with van der Waals surface area (Å²) in [5, 5.41) is 3.09. The summed E-state index contributed by atoms with van der Waals surface area (Å²) in [4.78, 5) is 19.3. The average molecular weight is 349 g/mol. The lowest BCUT2D eigenvalue weighted by Crippen LogP contribution is -2.38. The maximum atomic E-state index is 12.6. The van der Waals surface area contributed by atoms with Crippen LogP contribution in [0.1, 0.15) is 24.0 Å². The van der Waals surface area contributed by atoms with E-state index in [9.17, 15) is 4.79 Å². The number of carbonyl (C=O) groups is 1. The minimum atomic E-state index is 0.0244. The number of amides is 1. The molecule has 1 fully saturated rings. The van der Waals surface area contributed by atoms with Crippen molar-refractivity contribution in [1.82, 2.24) is 4.98 Å². The standard InChI is InChI=1S/C21H23N3O2/c1-14-7-8-17(15(2)13-14)22-20(25)16-9-11-24(12-10-16)21-23-18-5-3-4-6-19(18)26-21/h3-8,13,16H,9-12H2,1-2H3,(H,22,25). The van der Waals surface area contributed by atoms with Crippen LogP contribution < -0.4 is 10.2 Å². The lowest BCUT2D eigenvalue weighted by molar-refractivity contribution is -0.120. The largest absolute Gasteiger partial charge is 0.423 e. The summed E-state index contributed by atoms with van der Waals surface area (Å²) >= 11 is 0. The monoisotopic (exact) mass is 349 g/mol. The van der Waals surface area contributed by atoms with E-state index in [1.165, 1.54) is 5.56 Å². The molecule has 4 rings (SSSR count). The third kappa shape index (κ3) is 3.29. The summed E-state index contributed by atoms with van der Waals surface area (Å²) < 4.78 is 5.84. The molecule has 0 unspecified atom stereocenters. The molecule has 5 nitrogen and oxygen atoms in total. The Kier molecular flexibility index (Phi) is 4.37. The maximum absolute atomic E-state index is 12.6. The van der Waals surface area contributed by atoms with E-state index < -0.39 is 0 Å². The molecule has 3 aromatic rings. The fourth-order valence-corrected chi connectivity index (χ4v) is 3.52. The van der Waals surface area contributed by atoms with Crippen LogP contribution in [0.4, 0.5) is 11.7 Å². The van der Waals surface area contributed by atoms with Crippen molar-refractivity contribution in [2.75, 3.05) is 23.3 Å². The minimum Gasteiger partial charge on any atom is -0.423 e. The molecule has 1 saturated heterocycles. The molecule has 2 aromatic carbocycles. The van der Waals surface area contributed by atoms with Crippen molar-refractivity contribution >= 4 is 28.7 Å². The number of hydrogen-bond donors (Lipinski definition) is 1. The highest BCUT2D eigenvalue weighted by Gasteiger charge is 2.27. The number of hydrogen-bond acceptors (Lipinski definition) is 4. The molecule has 1 aliphatic rings. The molecule has 26 heavy (non-hydrogen) atoms. The van der Waals surface area contributed by atoms with Gasteiger partial charge >= 0.3 is 0 Å². The number of anilines is 2. The molecule has 0 bridgehead atoms. The topological polar surface area (TPSA) is 58.4 Å². The van der Waals surface area contributed by atoms with E-state index in [4.69, 9.17) is 4.42 Å². The zero-order valence-corrected chi connectivity index (χ0v) is 15.2. The van der Waals surface area contributed by atoms with Gasteiger partial charge in [-0.25, -0.2) is 0 Å². The summed E-state index contributed by atoms with van der Waals surface area (Å²) in [7, 11) is 0. The predicted molar refractivity (Wildman–Crippen MR) is 103 cm³/mol. The molecule has 0 radical (unpaired) electrons. The highest BCUT2D eigenvalue weighted by atomic mass is 16.4. The molecule has 1 aliphatic heterocycles. The van der Waals surface area contributed by atoms with E-state index in [0.717, 1.165) is 48.3 Å². The SMILES string of the molecule is Cc1ccc(NC(=O)C2CCN(c3nc4ccccc4o3)CC2)c(C)c1. The predicted octanol–water partition coefficient (Wildman–Crippen LogP) is 4.30. The second-order valence-electron chi connectivity index (χ2n) is 7.03. The van der Waals surface area contributed by atoms with E-state index in [-0.39, 0.29) is 11.8 Å². The van der Waals surface area contributed by atoms with E-state index in [2.05, 4.69) is 28.2 Å². The Morgan fingerprint density at radius 1 is 1.15 bits per heavy atom. The first kappa shape index (κ1) is 16.6. The number of aryl methyl sites for hydroxylation is 2. The molecule has 0 saturated carbocycles. The Bertz CT molecular complexity index is 906. The molecule has 1 amide bonds. The highest BCUT2D eigenvalue weighted by Crippen LogP contribution is 2.27. The Balaban J connectivity index is 1.39. The molecule has 134 valence electrons. The van der Waals surface area contributed by atoms with E-state index in [1.807, 2.05) is 43.3 Å². The summed E-state index contributed by atoms with van der Waals surface area (Å²) in [6.07, 6.45) is 1.60. The van der Waals surface area contributed by atoms with Crippen LogP contribution in [0.5, 0.6) is 0 Å². The summed E-state index contributed by atoms with van der Waals surface area (Å²) in [5.41, 5.74) is 4.88. The van der Waals surface area contributed by atoms with Crippen LogP contribution in [-0.2, 0) is 4.79 Å². The van der Waals surface area contributed by atoms with E-state index in [0.29, 0.717) is 6.01 Å². The van der Waals surface area contributed by atoms with Crippen molar-refractivity contribution < 1.29 is 9.21 Å². The van der Waals surface area contributed by atoms with Crippen LogP contribution in [-0.4, -0.2) is 24.0 Å².